The van der Waals surface area contributed by atoms with Crippen LogP contribution in [0.4, 0.5) is 5.82 Å². The number of hydrogen-bond donors (Lipinski definition) is 2. The van der Waals surface area contributed by atoms with Crippen LogP contribution in [0.15, 0.2) is 12.4 Å². The number of carbonyl (C=O) groups is 2. The quantitative estimate of drug-likeness (QED) is 0.748. The third kappa shape index (κ3) is 3.41. The third-order valence-electron chi connectivity index (χ3n) is 2.27. The molecule has 0 aliphatic rings. The van der Waals surface area contributed by atoms with Gasteiger partial charge in [-0.25, -0.2) is 14.6 Å². The number of hydrogen-bond acceptors (Lipinski definition) is 6. The average Bonchev–Trinajstić information content (AvgIpc) is 2.34. The van der Waals surface area contributed by atoms with E-state index in [0.29, 0.717) is 0 Å². The van der Waals surface area contributed by atoms with Crippen LogP contribution in [0.1, 0.15) is 24.3 Å². The van der Waals surface area contributed by atoms with E-state index < -0.39 is 18.0 Å². The molecule has 0 aliphatic carbocycles. The van der Waals surface area contributed by atoms with Crippen LogP contribution in [0.25, 0.3) is 0 Å². The summed E-state index contributed by atoms with van der Waals surface area (Å²) in [4.78, 5) is 30.0. The zero-order valence-electron chi connectivity index (χ0n) is 10.4. The summed E-state index contributed by atoms with van der Waals surface area (Å²) in [7, 11) is 1.23. The summed E-state index contributed by atoms with van der Waals surface area (Å²) < 4.78 is 4.51. The average molecular weight is 253 g/mol. The van der Waals surface area contributed by atoms with Crippen LogP contribution in [-0.2, 0) is 9.53 Å². The normalized spacial score (nSPS) is 12.0. The van der Waals surface area contributed by atoms with E-state index in [1.165, 1.54) is 19.5 Å². The minimum Gasteiger partial charge on any atom is -0.480 e. The largest absolute Gasteiger partial charge is 0.480 e. The number of nitrogens with zero attached hydrogens (tertiary/aromatic N) is 2. The number of esters is 1. The number of nitrogens with one attached hydrogen (secondary N) is 1. The molecular weight excluding hydrogens is 238 g/mol. The highest BCUT2D eigenvalue weighted by molar-refractivity contribution is 5.87. The first-order valence-electron chi connectivity index (χ1n) is 5.35. The van der Waals surface area contributed by atoms with Crippen LogP contribution in [0.2, 0.25) is 0 Å². The molecular formula is C11H15N3O4. The molecule has 1 aromatic rings. The lowest BCUT2D eigenvalue weighted by Gasteiger charge is -2.18. The van der Waals surface area contributed by atoms with Gasteiger partial charge in [0.05, 0.1) is 19.5 Å². The topological polar surface area (TPSA) is 101 Å². The van der Waals surface area contributed by atoms with E-state index in [9.17, 15) is 9.59 Å². The molecule has 1 rings (SSSR count). The summed E-state index contributed by atoms with van der Waals surface area (Å²) in [5.74, 6) is -1.53. The summed E-state index contributed by atoms with van der Waals surface area (Å²) in [6.45, 7) is 3.53. The number of carboxylic acids is 1. The molecule has 0 saturated carbocycles. The molecule has 0 amide bonds. The second-order valence-corrected chi connectivity index (χ2v) is 3.99. The Morgan fingerprint density at radius 1 is 1.39 bits per heavy atom. The van der Waals surface area contributed by atoms with Crippen molar-refractivity contribution < 1.29 is 19.4 Å². The van der Waals surface area contributed by atoms with Gasteiger partial charge in [0.2, 0.25) is 0 Å². The second-order valence-electron chi connectivity index (χ2n) is 3.99. The van der Waals surface area contributed by atoms with Gasteiger partial charge in [-0.1, -0.05) is 13.8 Å². The van der Waals surface area contributed by atoms with Crippen LogP contribution in [0.3, 0.4) is 0 Å². The van der Waals surface area contributed by atoms with Crippen LogP contribution in [0, 0.1) is 5.92 Å². The van der Waals surface area contributed by atoms with Gasteiger partial charge >= 0.3 is 11.9 Å². The maximum absolute atomic E-state index is 11.3. The Balaban J connectivity index is 2.90. The Kier molecular flexibility index (Phi) is 4.59. The van der Waals surface area contributed by atoms with E-state index in [4.69, 9.17) is 5.11 Å². The Morgan fingerprint density at radius 3 is 2.56 bits per heavy atom. The molecule has 0 fully saturated rings. The number of carboxylic acid groups (broad SMARTS) is 1. The minimum atomic E-state index is -0.990. The Hall–Kier alpha value is -2.18. The van der Waals surface area contributed by atoms with Crippen molar-refractivity contribution in [2.75, 3.05) is 12.4 Å². The van der Waals surface area contributed by atoms with Crippen molar-refractivity contribution in [2.45, 2.75) is 19.9 Å². The SMILES string of the molecule is COC(=O)c1cncc(NC(C(=O)O)C(C)C)n1. The van der Waals surface area contributed by atoms with Crippen molar-refractivity contribution in [3.63, 3.8) is 0 Å². The molecule has 18 heavy (non-hydrogen) atoms. The standard InChI is InChI=1S/C11H15N3O4/c1-6(2)9(10(15)16)14-8-5-12-4-7(13-8)11(17)18-3/h4-6,9H,1-3H3,(H,13,14)(H,15,16). The minimum absolute atomic E-state index is 0.0235. The fourth-order valence-corrected chi connectivity index (χ4v) is 1.31. The third-order valence-corrected chi connectivity index (χ3v) is 2.27. The van der Waals surface area contributed by atoms with Gasteiger partial charge in [-0.15, -0.1) is 0 Å². The van der Waals surface area contributed by atoms with E-state index >= 15 is 0 Å². The Labute approximate surface area is 104 Å². The lowest BCUT2D eigenvalue weighted by molar-refractivity contribution is -0.138. The first-order valence-corrected chi connectivity index (χ1v) is 5.35. The number of carbonyl (C=O) groups excluding carboxylic acids is 1. The molecule has 1 unspecified atom stereocenters. The number of aliphatic carboxylic acids is 1. The molecule has 7 heteroatoms. The van der Waals surface area contributed by atoms with Gasteiger partial charge in [0.25, 0.3) is 0 Å². The van der Waals surface area contributed by atoms with Crippen molar-refractivity contribution in [3.05, 3.63) is 18.1 Å². The summed E-state index contributed by atoms with van der Waals surface area (Å²) in [6, 6.07) is -0.799. The van der Waals surface area contributed by atoms with Crippen LogP contribution < -0.4 is 5.32 Å². The van der Waals surface area contributed by atoms with E-state index in [1.54, 1.807) is 13.8 Å². The maximum Gasteiger partial charge on any atom is 0.358 e. The van der Waals surface area contributed by atoms with Crippen molar-refractivity contribution in [2.24, 2.45) is 5.92 Å². The summed E-state index contributed by atoms with van der Waals surface area (Å²) in [6.07, 6.45) is 2.60. The smallest absolute Gasteiger partial charge is 0.358 e. The van der Waals surface area contributed by atoms with E-state index in [-0.39, 0.29) is 17.4 Å². The highest BCUT2D eigenvalue weighted by Crippen LogP contribution is 2.10. The molecule has 0 aromatic carbocycles. The molecule has 0 spiro atoms. The number of aromatic nitrogens is 2. The van der Waals surface area contributed by atoms with Gasteiger partial charge in [0.1, 0.15) is 11.9 Å². The van der Waals surface area contributed by atoms with Gasteiger partial charge in [0.15, 0.2) is 5.69 Å². The lowest BCUT2D eigenvalue weighted by atomic mass is 10.1. The monoisotopic (exact) mass is 253 g/mol. The molecule has 1 heterocycles. The van der Waals surface area contributed by atoms with Gasteiger partial charge in [-0.05, 0) is 5.92 Å². The first-order chi connectivity index (χ1) is 8.45. The van der Waals surface area contributed by atoms with E-state index in [2.05, 4.69) is 20.0 Å². The number of rotatable bonds is 5. The molecule has 7 nitrogen and oxygen atoms in total. The van der Waals surface area contributed by atoms with Crippen molar-refractivity contribution >= 4 is 17.8 Å². The number of anilines is 1. The van der Waals surface area contributed by atoms with E-state index in [0.717, 1.165) is 0 Å². The van der Waals surface area contributed by atoms with Crippen molar-refractivity contribution in [1.29, 1.82) is 0 Å². The van der Waals surface area contributed by atoms with Gasteiger partial charge in [-0.2, -0.15) is 0 Å². The molecule has 1 atom stereocenters. The van der Waals surface area contributed by atoms with Crippen LogP contribution in [-0.4, -0.2) is 40.2 Å². The molecule has 0 saturated heterocycles. The van der Waals surface area contributed by atoms with Gasteiger partial charge < -0.3 is 15.2 Å². The van der Waals surface area contributed by atoms with Crippen molar-refractivity contribution in [1.82, 2.24) is 9.97 Å². The molecule has 0 radical (unpaired) electrons. The molecule has 1 aromatic heterocycles. The van der Waals surface area contributed by atoms with Crippen molar-refractivity contribution in [3.8, 4) is 0 Å². The molecule has 0 aliphatic heterocycles. The number of ether oxygens (including phenoxy) is 1. The molecule has 0 bridgehead atoms. The zero-order chi connectivity index (χ0) is 13.7. The predicted octanol–water partition coefficient (Wildman–Crippen LogP) is 0.784. The predicted molar refractivity (Wildman–Crippen MR) is 63.3 cm³/mol. The molecule has 2 N–H and O–H groups in total. The summed E-state index contributed by atoms with van der Waals surface area (Å²) >= 11 is 0. The van der Waals surface area contributed by atoms with Gasteiger partial charge in [-0.3, -0.25) is 4.98 Å². The maximum atomic E-state index is 11.3. The Morgan fingerprint density at radius 2 is 2.06 bits per heavy atom. The van der Waals surface area contributed by atoms with Crippen LogP contribution in [0.5, 0.6) is 0 Å². The second kappa shape index (κ2) is 5.95. The van der Waals surface area contributed by atoms with Gasteiger partial charge in [0, 0.05) is 0 Å². The number of methoxy groups -OCH3 is 1. The first kappa shape index (κ1) is 13.9. The van der Waals surface area contributed by atoms with Crippen LogP contribution >= 0.6 is 0 Å². The highest BCUT2D eigenvalue weighted by Gasteiger charge is 2.22. The zero-order valence-corrected chi connectivity index (χ0v) is 10.4. The van der Waals surface area contributed by atoms with E-state index in [1.807, 2.05) is 0 Å². The lowest BCUT2D eigenvalue weighted by Crippen LogP contribution is -2.34. The fraction of sp³-hybridized carbons (Fsp3) is 0.455. The Bertz CT molecular complexity index is 448. The summed E-state index contributed by atoms with van der Waals surface area (Å²) in [5.41, 5.74) is 0.0235. The summed E-state index contributed by atoms with van der Waals surface area (Å²) in [5, 5.41) is 11.7. The fourth-order valence-electron chi connectivity index (χ4n) is 1.31. The highest BCUT2D eigenvalue weighted by atomic mass is 16.5. The molecule has 98 valence electrons.